The fourth-order valence-corrected chi connectivity index (χ4v) is 5.62. The predicted octanol–water partition coefficient (Wildman–Crippen LogP) is 2.26. The van der Waals surface area contributed by atoms with Gasteiger partial charge in [0.2, 0.25) is 5.91 Å². The smallest absolute Gasteiger partial charge is 0.331 e. The number of nitrogens with one attached hydrogen (secondary N) is 1. The molecule has 188 valence electrons. The number of amides is 3. The number of benzene rings is 1. The molecule has 3 fully saturated rings. The molecule has 2 aromatic heterocycles. The zero-order valence-corrected chi connectivity index (χ0v) is 20.5. The van der Waals surface area contributed by atoms with Gasteiger partial charge in [-0.25, -0.2) is 9.31 Å². The number of methoxy groups -OCH3 is 2. The summed E-state index contributed by atoms with van der Waals surface area (Å²) in [5.41, 5.74) is 3.50. The van der Waals surface area contributed by atoms with Crippen molar-refractivity contribution in [2.75, 3.05) is 38.8 Å². The van der Waals surface area contributed by atoms with Gasteiger partial charge in [0.25, 0.3) is 0 Å². The van der Waals surface area contributed by atoms with Crippen LogP contribution in [0.2, 0.25) is 0 Å². The number of likely N-dealkylation sites (tertiary alicyclic amines) is 1. The molecule has 3 aromatic rings. The molecular weight excluding hydrogens is 460 g/mol. The second kappa shape index (κ2) is 9.11. The number of aromatic nitrogens is 2. The third-order valence-corrected chi connectivity index (χ3v) is 7.55. The van der Waals surface area contributed by atoms with Crippen LogP contribution in [0.1, 0.15) is 24.0 Å². The van der Waals surface area contributed by atoms with Crippen LogP contribution in [0.15, 0.2) is 42.7 Å². The van der Waals surface area contributed by atoms with Crippen molar-refractivity contribution in [3.05, 3.63) is 53.9 Å². The van der Waals surface area contributed by atoms with E-state index < -0.39 is 0 Å². The van der Waals surface area contributed by atoms with Crippen molar-refractivity contribution in [1.29, 1.82) is 0 Å². The van der Waals surface area contributed by atoms with E-state index in [9.17, 15) is 9.59 Å². The number of imide groups is 1. The van der Waals surface area contributed by atoms with Crippen molar-refractivity contribution in [2.45, 2.75) is 38.0 Å². The summed E-state index contributed by atoms with van der Waals surface area (Å²) >= 11 is 0. The van der Waals surface area contributed by atoms with Crippen molar-refractivity contribution < 1.29 is 19.1 Å². The highest BCUT2D eigenvalue weighted by Crippen LogP contribution is 2.31. The van der Waals surface area contributed by atoms with Gasteiger partial charge in [-0.15, -0.1) is 0 Å². The predicted molar refractivity (Wildman–Crippen MR) is 133 cm³/mol. The first-order chi connectivity index (χ1) is 17.5. The first-order valence-electron chi connectivity index (χ1n) is 12.3. The molecule has 3 aliphatic heterocycles. The molecule has 6 rings (SSSR count). The zero-order chi connectivity index (χ0) is 24.8. The number of ether oxygens (including phenoxy) is 2. The van der Waals surface area contributed by atoms with Gasteiger partial charge in [0.05, 0.1) is 38.2 Å². The molecule has 3 saturated heterocycles. The van der Waals surface area contributed by atoms with Crippen molar-refractivity contribution in [3.8, 4) is 11.5 Å². The monoisotopic (exact) mass is 490 g/mol. The van der Waals surface area contributed by atoms with E-state index in [4.69, 9.17) is 9.47 Å². The fraction of sp³-hybridized carbons (Fsp3) is 0.423. The molecule has 0 unspecified atom stereocenters. The van der Waals surface area contributed by atoms with Gasteiger partial charge >= 0.3 is 6.03 Å². The van der Waals surface area contributed by atoms with E-state index >= 15 is 0 Å². The molecule has 3 aliphatic rings. The van der Waals surface area contributed by atoms with E-state index in [1.54, 1.807) is 42.0 Å². The van der Waals surface area contributed by atoms with E-state index in [0.29, 0.717) is 35.8 Å². The van der Waals surface area contributed by atoms with Crippen LogP contribution in [0.3, 0.4) is 0 Å². The van der Waals surface area contributed by atoms with Gasteiger partial charge in [0.1, 0.15) is 11.5 Å². The Kier molecular flexibility index (Phi) is 5.77. The van der Waals surface area contributed by atoms with Crippen LogP contribution < -0.4 is 19.7 Å². The largest absolute Gasteiger partial charge is 0.497 e. The molecular formula is C26H30N6O4. The van der Waals surface area contributed by atoms with Gasteiger partial charge in [-0.05, 0) is 36.2 Å². The molecule has 3 amide bonds. The van der Waals surface area contributed by atoms with Crippen LogP contribution in [-0.4, -0.2) is 77.3 Å². The molecule has 36 heavy (non-hydrogen) atoms. The lowest BCUT2D eigenvalue weighted by Gasteiger charge is -2.34. The summed E-state index contributed by atoms with van der Waals surface area (Å²) < 4.78 is 12.5. The summed E-state index contributed by atoms with van der Waals surface area (Å²) in [6.07, 6.45) is 5.11. The lowest BCUT2D eigenvalue weighted by Crippen LogP contribution is -2.52. The number of pyridine rings is 1. The van der Waals surface area contributed by atoms with Crippen LogP contribution in [0, 0.1) is 0 Å². The molecule has 0 radical (unpaired) electrons. The third-order valence-electron chi connectivity index (χ3n) is 7.55. The van der Waals surface area contributed by atoms with Gasteiger partial charge in [-0.3, -0.25) is 19.5 Å². The van der Waals surface area contributed by atoms with Gasteiger partial charge in [0, 0.05) is 62.5 Å². The maximum Gasteiger partial charge on any atom is 0.331 e. The third kappa shape index (κ3) is 3.96. The number of piperazine rings is 1. The van der Waals surface area contributed by atoms with Crippen LogP contribution in [-0.2, 0) is 17.9 Å². The number of carbonyl (C=O) groups excluding carboxylic acids is 2. The van der Waals surface area contributed by atoms with E-state index in [2.05, 4.69) is 27.4 Å². The number of nitrogens with zero attached hydrogens (tertiary/aromatic N) is 5. The minimum atomic E-state index is -0.354. The molecule has 10 nitrogen and oxygen atoms in total. The average molecular weight is 491 g/mol. The summed E-state index contributed by atoms with van der Waals surface area (Å²) in [6.45, 7) is 3.44. The molecule has 0 aliphatic carbocycles. The molecule has 2 atom stereocenters. The first-order valence-corrected chi connectivity index (χ1v) is 12.3. The van der Waals surface area contributed by atoms with Crippen molar-refractivity contribution in [2.24, 2.45) is 0 Å². The second-order valence-corrected chi connectivity index (χ2v) is 9.66. The Morgan fingerprint density at radius 2 is 2.00 bits per heavy atom. The summed E-state index contributed by atoms with van der Waals surface area (Å²) in [5.74, 6) is 1.01. The van der Waals surface area contributed by atoms with E-state index in [-0.39, 0.29) is 24.9 Å². The number of fused-ring (bicyclic) bond motifs is 3. The molecule has 1 aromatic carbocycles. The van der Waals surface area contributed by atoms with E-state index in [1.165, 1.54) is 16.9 Å². The molecule has 0 spiro atoms. The number of rotatable bonds is 7. The van der Waals surface area contributed by atoms with Crippen molar-refractivity contribution in [3.63, 3.8) is 0 Å². The minimum absolute atomic E-state index is 0.122. The maximum atomic E-state index is 13.6. The number of anilines is 1. The van der Waals surface area contributed by atoms with Crippen molar-refractivity contribution in [1.82, 2.24) is 24.7 Å². The Morgan fingerprint density at radius 3 is 2.75 bits per heavy atom. The minimum Gasteiger partial charge on any atom is -0.497 e. The Bertz CT molecular complexity index is 1320. The SMILES string of the molecule is COc1ccc(CN2C(=O)CCN(c3cnn4ccc(CN5C[C@@H]6C[C@H]5CN6)cc34)C2=O)c(OC)c1. The highest BCUT2D eigenvalue weighted by atomic mass is 16.5. The Morgan fingerprint density at radius 1 is 1.11 bits per heavy atom. The lowest BCUT2D eigenvalue weighted by molar-refractivity contribution is -0.129. The Labute approximate surface area is 209 Å². The van der Waals surface area contributed by atoms with Crippen LogP contribution in [0.4, 0.5) is 10.5 Å². The standard InChI is InChI=1S/C26H30N6O4/c1-35-21-4-3-18(24(11-21)36-2)15-31-25(33)6-7-30(26(31)34)23-13-28-32-8-5-17(9-22(23)32)14-29-16-19-10-20(29)12-27-19/h3-5,8-9,11,13,19-20,27H,6-7,10,12,14-16H2,1-2H3/t19-,20-/m0/s1. The summed E-state index contributed by atoms with van der Waals surface area (Å²) in [6, 6.07) is 10.4. The maximum absolute atomic E-state index is 13.6. The van der Waals surface area contributed by atoms with Gasteiger partial charge < -0.3 is 14.8 Å². The summed E-state index contributed by atoms with van der Waals surface area (Å²) in [5, 5.41) is 8.02. The normalized spacial score (nSPS) is 22.2. The second-order valence-electron chi connectivity index (χ2n) is 9.66. The molecule has 1 N–H and O–H groups in total. The van der Waals surface area contributed by atoms with E-state index in [0.717, 1.165) is 30.7 Å². The number of carbonyl (C=O) groups is 2. The summed E-state index contributed by atoms with van der Waals surface area (Å²) in [4.78, 5) is 31.8. The van der Waals surface area contributed by atoms with Crippen LogP contribution in [0.25, 0.3) is 5.52 Å². The Hall–Kier alpha value is -3.63. The average Bonchev–Trinajstić information content (AvgIpc) is 3.63. The first kappa shape index (κ1) is 22.8. The van der Waals surface area contributed by atoms with Crippen LogP contribution in [0.5, 0.6) is 11.5 Å². The Balaban J connectivity index is 1.25. The number of urea groups is 1. The van der Waals surface area contributed by atoms with E-state index in [1.807, 2.05) is 12.3 Å². The summed E-state index contributed by atoms with van der Waals surface area (Å²) in [7, 11) is 3.14. The quantitative estimate of drug-likeness (QED) is 0.543. The number of hydrogen-bond acceptors (Lipinski definition) is 7. The highest BCUT2D eigenvalue weighted by Gasteiger charge is 2.38. The van der Waals surface area contributed by atoms with Crippen LogP contribution >= 0.6 is 0 Å². The fourth-order valence-electron chi connectivity index (χ4n) is 5.62. The van der Waals surface area contributed by atoms with Gasteiger partial charge in [-0.2, -0.15) is 5.10 Å². The molecule has 2 bridgehead atoms. The lowest BCUT2D eigenvalue weighted by atomic mass is 10.1. The number of hydrogen-bond donors (Lipinski definition) is 1. The molecule has 5 heterocycles. The van der Waals surface area contributed by atoms with Gasteiger partial charge in [-0.1, -0.05) is 0 Å². The zero-order valence-electron chi connectivity index (χ0n) is 20.5. The van der Waals surface area contributed by atoms with Crippen molar-refractivity contribution >= 4 is 23.1 Å². The molecule has 0 saturated carbocycles. The molecule has 10 heteroatoms. The topological polar surface area (TPSA) is 91.6 Å². The van der Waals surface area contributed by atoms with Gasteiger partial charge in [0.15, 0.2) is 0 Å². The highest BCUT2D eigenvalue weighted by molar-refractivity contribution is 6.07.